The molecule has 2 N–H and O–H groups in total. The van der Waals surface area contributed by atoms with E-state index in [0.717, 1.165) is 34.4 Å². The first kappa shape index (κ1) is 18.3. The number of H-pyrrole nitrogens is 1. The van der Waals surface area contributed by atoms with Crippen molar-refractivity contribution in [1.29, 1.82) is 0 Å². The van der Waals surface area contributed by atoms with E-state index in [1.807, 2.05) is 24.3 Å². The molecule has 3 aromatic heterocycles. The van der Waals surface area contributed by atoms with Gasteiger partial charge in [0.15, 0.2) is 5.65 Å². The normalized spacial score (nSPS) is 19.9. The quantitative estimate of drug-likeness (QED) is 0.487. The molecule has 9 nitrogen and oxygen atoms in total. The molecule has 1 saturated heterocycles. The lowest BCUT2D eigenvalue weighted by Crippen LogP contribution is -2.46. The Balaban J connectivity index is 1.47. The van der Waals surface area contributed by atoms with Crippen LogP contribution in [-0.4, -0.2) is 54.8 Å². The van der Waals surface area contributed by atoms with Gasteiger partial charge in [0.2, 0.25) is 11.9 Å². The predicted molar refractivity (Wildman–Crippen MR) is 114 cm³/mol. The molecule has 2 atom stereocenters. The topological polar surface area (TPSA) is 96.3 Å². The van der Waals surface area contributed by atoms with Crippen molar-refractivity contribution in [3.8, 4) is 0 Å². The lowest BCUT2D eigenvalue weighted by atomic mass is 10.2. The zero-order valence-electron chi connectivity index (χ0n) is 16.1. The summed E-state index contributed by atoms with van der Waals surface area (Å²) < 4.78 is 8.37. The lowest BCUT2D eigenvalue weighted by molar-refractivity contribution is -0.00571. The molecule has 29 heavy (non-hydrogen) atoms. The first-order chi connectivity index (χ1) is 14.1. The van der Waals surface area contributed by atoms with Crippen molar-refractivity contribution in [1.82, 2.24) is 29.5 Å². The van der Waals surface area contributed by atoms with Crippen molar-refractivity contribution in [2.45, 2.75) is 32.6 Å². The summed E-state index contributed by atoms with van der Waals surface area (Å²) in [5, 5.41) is 7.75. The highest BCUT2D eigenvalue weighted by atomic mass is 79.9. The third-order valence-electron chi connectivity index (χ3n) is 4.87. The molecular formula is C19H21BrN8O. The van der Waals surface area contributed by atoms with Crippen LogP contribution in [0.1, 0.15) is 19.7 Å². The van der Waals surface area contributed by atoms with Gasteiger partial charge in [0.1, 0.15) is 5.82 Å². The minimum Gasteiger partial charge on any atom is -0.372 e. The van der Waals surface area contributed by atoms with Crippen LogP contribution in [0.25, 0.3) is 16.7 Å². The molecular weight excluding hydrogens is 436 g/mol. The van der Waals surface area contributed by atoms with Crippen LogP contribution < -0.4 is 10.2 Å². The van der Waals surface area contributed by atoms with Crippen LogP contribution in [0, 0.1) is 0 Å². The molecule has 0 bridgehead atoms. The summed E-state index contributed by atoms with van der Waals surface area (Å²) in [6, 6.07) is 7.97. The number of halogens is 1. The van der Waals surface area contributed by atoms with Crippen molar-refractivity contribution in [3.05, 3.63) is 40.8 Å². The van der Waals surface area contributed by atoms with Gasteiger partial charge in [0.25, 0.3) is 0 Å². The number of fused-ring (bicyclic) bond motifs is 2. The fraction of sp³-hybridized carbons (Fsp3) is 0.368. The van der Waals surface area contributed by atoms with E-state index in [0.29, 0.717) is 24.1 Å². The van der Waals surface area contributed by atoms with E-state index < -0.39 is 0 Å². The van der Waals surface area contributed by atoms with Crippen LogP contribution in [0.15, 0.2) is 34.9 Å². The third kappa shape index (κ3) is 3.53. The Kier molecular flexibility index (Phi) is 4.59. The number of para-hydroxylation sites is 2. The van der Waals surface area contributed by atoms with Gasteiger partial charge in [-0.05, 0) is 41.9 Å². The molecule has 0 saturated carbocycles. The molecule has 0 amide bonds. The summed E-state index contributed by atoms with van der Waals surface area (Å²) in [5.74, 6) is 2.11. The van der Waals surface area contributed by atoms with Gasteiger partial charge in [-0.1, -0.05) is 12.1 Å². The number of aromatic amines is 1. The molecule has 10 heteroatoms. The van der Waals surface area contributed by atoms with Crippen molar-refractivity contribution in [2.24, 2.45) is 0 Å². The van der Waals surface area contributed by atoms with E-state index in [1.165, 1.54) is 0 Å². The number of benzene rings is 1. The second kappa shape index (κ2) is 7.27. The molecule has 150 valence electrons. The highest BCUT2D eigenvalue weighted by Gasteiger charge is 2.25. The monoisotopic (exact) mass is 456 g/mol. The van der Waals surface area contributed by atoms with Gasteiger partial charge in [-0.3, -0.25) is 0 Å². The molecule has 5 rings (SSSR count). The number of nitrogens with one attached hydrogen (secondary N) is 2. The van der Waals surface area contributed by atoms with Crippen molar-refractivity contribution in [3.63, 3.8) is 0 Å². The van der Waals surface area contributed by atoms with Crippen molar-refractivity contribution < 1.29 is 4.74 Å². The molecule has 1 aromatic carbocycles. The molecule has 1 aliphatic heterocycles. The van der Waals surface area contributed by atoms with Crippen LogP contribution >= 0.6 is 15.9 Å². The number of hydrogen-bond donors (Lipinski definition) is 2. The number of imidazole rings is 1. The van der Waals surface area contributed by atoms with E-state index in [1.54, 1.807) is 10.7 Å². The standard InChI is InChI=1S/C19H21BrN8O/c1-11-9-27(10-12(2)29-11)19-25-17-13(20)7-22-28(17)18(26-19)21-8-16-23-14-5-3-4-6-15(14)24-16/h3-7,11-12H,8-10H2,1-2H3,(H,23,24)(H,21,25,26)/t11-,12+. The second-order valence-corrected chi connectivity index (χ2v) is 8.15. The molecule has 0 unspecified atom stereocenters. The number of anilines is 2. The van der Waals surface area contributed by atoms with Crippen LogP contribution in [0.2, 0.25) is 0 Å². The summed E-state index contributed by atoms with van der Waals surface area (Å²) in [6.45, 7) is 6.12. The van der Waals surface area contributed by atoms with Gasteiger partial charge in [-0.15, -0.1) is 0 Å². The van der Waals surface area contributed by atoms with Gasteiger partial charge < -0.3 is 19.9 Å². The smallest absolute Gasteiger partial charge is 0.230 e. The molecule has 1 aliphatic rings. The SMILES string of the molecule is C[C@@H]1CN(c2nc(NCc3nc4ccccc4[nH]3)n3ncc(Br)c3n2)C[C@H](C)O1. The summed E-state index contributed by atoms with van der Waals surface area (Å²) >= 11 is 3.54. The number of hydrogen-bond acceptors (Lipinski definition) is 7. The van der Waals surface area contributed by atoms with Crippen LogP contribution in [0.4, 0.5) is 11.9 Å². The maximum absolute atomic E-state index is 5.85. The van der Waals surface area contributed by atoms with Crippen LogP contribution in [0.3, 0.4) is 0 Å². The zero-order valence-corrected chi connectivity index (χ0v) is 17.7. The van der Waals surface area contributed by atoms with E-state index in [9.17, 15) is 0 Å². The van der Waals surface area contributed by atoms with Gasteiger partial charge >= 0.3 is 0 Å². The Labute approximate surface area is 175 Å². The van der Waals surface area contributed by atoms with Gasteiger partial charge in [0.05, 0.1) is 40.5 Å². The maximum Gasteiger partial charge on any atom is 0.230 e. The van der Waals surface area contributed by atoms with Gasteiger partial charge in [-0.2, -0.15) is 19.6 Å². The lowest BCUT2D eigenvalue weighted by Gasteiger charge is -2.35. The maximum atomic E-state index is 5.85. The number of morpholine rings is 1. The second-order valence-electron chi connectivity index (χ2n) is 7.29. The van der Waals surface area contributed by atoms with Gasteiger partial charge in [-0.25, -0.2) is 4.98 Å². The van der Waals surface area contributed by atoms with E-state index in [-0.39, 0.29) is 12.2 Å². The van der Waals surface area contributed by atoms with Crippen molar-refractivity contribution >= 4 is 44.5 Å². The predicted octanol–water partition coefficient (Wildman–Crippen LogP) is 2.99. The average Bonchev–Trinajstić information content (AvgIpc) is 3.28. The Hall–Kier alpha value is -2.72. The highest BCUT2D eigenvalue weighted by molar-refractivity contribution is 9.10. The number of nitrogens with zero attached hydrogens (tertiary/aromatic N) is 6. The average molecular weight is 457 g/mol. The fourth-order valence-electron chi connectivity index (χ4n) is 3.69. The Morgan fingerprint density at radius 3 is 2.76 bits per heavy atom. The summed E-state index contributed by atoms with van der Waals surface area (Å²) in [4.78, 5) is 19.6. The molecule has 1 fully saturated rings. The first-order valence-corrected chi connectivity index (χ1v) is 10.4. The third-order valence-corrected chi connectivity index (χ3v) is 5.43. The minimum absolute atomic E-state index is 0.124. The number of aromatic nitrogens is 6. The fourth-order valence-corrected chi connectivity index (χ4v) is 4.04. The van der Waals surface area contributed by atoms with Crippen molar-refractivity contribution in [2.75, 3.05) is 23.3 Å². The van der Waals surface area contributed by atoms with E-state index >= 15 is 0 Å². The number of rotatable bonds is 4. The Morgan fingerprint density at radius 1 is 1.17 bits per heavy atom. The summed E-state index contributed by atoms with van der Waals surface area (Å²) in [5.41, 5.74) is 2.67. The molecule has 0 radical (unpaired) electrons. The van der Waals surface area contributed by atoms with E-state index in [4.69, 9.17) is 14.7 Å². The Morgan fingerprint density at radius 2 is 1.97 bits per heavy atom. The molecule has 4 heterocycles. The summed E-state index contributed by atoms with van der Waals surface area (Å²) in [6.07, 6.45) is 1.97. The largest absolute Gasteiger partial charge is 0.372 e. The number of ether oxygens (including phenoxy) is 1. The zero-order chi connectivity index (χ0) is 20.0. The highest BCUT2D eigenvalue weighted by Crippen LogP contribution is 2.24. The first-order valence-electron chi connectivity index (χ1n) is 9.56. The minimum atomic E-state index is 0.124. The van der Waals surface area contributed by atoms with Gasteiger partial charge in [0, 0.05) is 13.1 Å². The van der Waals surface area contributed by atoms with Crippen LogP contribution in [-0.2, 0) is 11.3 Å². The molecule has 4 aromatic rings. The molecule has 0 spiro atoms. The van der Waals surface area contributed by atoms with E-state index in [2.05, 4.69) is 55.1 Å². The molecule has 0 aliphatic carbocycles. The summed E-state index contributed by atoms with van der Waals surface area (Å²) in [7, 11) is 0. The Bertz CT molecular complexity index is 1130. The van der Waals surface area contributed by atoms with Crippen LogP contribution in [0.5, 0.6) is 0 Å².